The Labute approximate surface area is 184 Å². The van der Waals surface area contributed by atoms with E-state index in [1.54, 1.807) is 7.11 Å². The first-order chi connectivity index (χ1) is 15.0. The van der Waals surface area contributed by atoms with E-state index in [0.717, 1.165) is 49.9 Å². The molecule has 1 atom stereocenters. The van der Waals surface area contributed by atoms with Gasteiger partial charge >= 0.3 is 0 Å². The number of hydrogen-bond donors (Lipinski definition) is 1. The van der Waals surface area contributed by atoms with E-state index in [1.165, 1.54) is 10.5 Å². The smallest absolute Gasteiger partial charge is 0.214 e. The maximum Gasteiger partial charge on any atom is 0.214 e. The summed E-state index contributed by atoms with van der Waals surface area (Å²) in [4.78, 5) is 3.91. The average molecular weight is 422 g/mol. The van der Waals surface area contributed by atoms with Crippen LogP contribution in [0, 0.1) is 0 Å². The van der Waals surface area contributed by atoms with Gasteiger partial charge in [0.25, 0.3) is 0 Å². The number of quaternary nitrogens is 1. The monoisotopic (exact) mass is 421 g/mol. The van der Waals surface area contributed by atoms with Crippen molar-refractivity contribution in [3.05, 3.63) is 66.0 Å². The van der Waals surface area contributed by atoms with Gasteiger partial charge in [0.2, 0.25) is 5.82 Å². The van der Waals surface area contributed by atoms with Gasteiger partial charge in [0.1, 0.15) is 5.75 Å². The Bertz CT molecular complexity index is 978. The minimum atomic E-state index is -0.134. The molecule has 7 nitrogen and oxygen atoms in total. The molecule has 0 amide bonds. The minimum Gasteiger partial charge on any atom is -0.495 e. The van der Waals surface area contributed by atoms with Crippen molar-refractivity contribution in [2.45, 2.75) is 38.8 Å². The molecule has 1 aliphatic rings. The first kappa shape index (κ1) is 21.3. The van der Waals surface area contributed by atoms with E-state index in [2.05, 4.69) is 83.7 Å². The molecule has 0 unspecified atom stereocenters. The number of benzene rings is 2. The Morgan fingerprint density at radius 1 is 1.03 bits per heavy atom. The fraction of sp³-hybridized carbons (Fsp3) is 0.458. The fourth-order valence-electron chi connectivity index (χ4n) is 4.38. The maximum atomic E-state index is 5.59. The van der Waals surface area contributed by atoms with Gasteiger partial charge in [0.05, 0.1) is 44.5 Å². The van der Waals surface area contributed by atoms with Crippen LogP contribution in [0.4, 0.5) is 5.69 Å². The molecule has 164 valence electrons. The summed E-state index contributed by atoms with van der Waals surface area (Å²) in [5.74, 6) is 1.87. The first-order valence-corrected chi connectivity index (χ1v) is 11.1. The zero-order chi connectivity index (χ0) is 21.8. The predicted octanol–water partition coefficient (Wildman–Crippen LogP) is 2.32. The highest BCUT2D eigenvalue weighted by Gasteiger charge is 2.37. The third-order valence-electron chi connectivity index (χ3n) is 6.56. The lowest BCUT2D eigenvalue weighted by molar-refractivity contribution is -0.927. The van der Waals surface area contributed by atoms with E-state index in [4.69, 9.17) is 4.74 Å². The standard InChI is InChI=1S/C24H32N6O/c1-5-24(2,3)30-23(25-26-27-30)22(19-11-7-6-8-12-19)29-17-15-28(16-18-29)20-13-9-10-14-21(20)31-4/h6-14,22H,5,15-18H2,1-4H3/p+1/t22-/m0/s1. The highest BCUT2D eigenvalue weighted by Crippen LogP contribution is 2.28. The molecule has 31 heavy (non-hydrogen) atoms. The Balaban J connectivity index is 1.63. The highest BCUT2D eigenvalue weighted by atomic mass is 16.5. The summed E-state index contributed by atoms with van der Waals surface area (Å²) in [5.41, 5.74) is 2.29. The number of piperazine rings is 1. The second-order valence-electron chi connectivity index (χ2n) is 8.78. The van der Waals surface area contributed by atoms with Gasteiger partial charge in [-0.3, -0.25) is 0 Å². The first-order valence-electron chi connectivity index (χ1n) is 11.1. The van der Waals surface area contributed by atoms with Crippen molar-refractivity contribution in [1.29, 1.82) is 0 Å². The van der Waals surface area contributed by atoms with Crippen LogP contribution in [0.1, 0.15) is 44.6 Å². The molecule has 2 heterocycles. The Kier molecular flexibility index (Phi) is 6.23. The fourth-order valence-corrected chi connectivity index (χ4v) is 4.38. The number of para-hydroxylation sites is 2. The number of tetrazole rings is 1. The summed E-state index contributed by atoms with van der Waals surface area (Å²) in [5, 5.41) is 13.0. The van der Waals surface area contributed by atoms with Crippen LogP contribution in [0.3, 0.4) is 0 Å². The third-order valence-corrected chi connectivity index (χ3v) is 6.56. The topological polar surface area (TPSA) is 60.5 Å². The molecular weight excluding hydrogens is 388 g/mol. The predicted molar refractivity (Wildman–Crippen MR) is 122 cm³/mol. The summed E-state index contributed by atoms with van der Waals surface area (Å²) in [6.07, 6.45) is 0.962. The largest absolute Gasteiger partial charge is 0.495 e. The molecule has 3 aromatic rings. The zero-order valence-corrected chi connectivity index (χ0v) is 19.0. The van der Waals surface area contributed by atoms with Crippen LogP contribution in [0.15, 0.2) is 54.6 Å². The highest BCUT2D eigenvalue weighted by molar-refractivity contribution is 5.58. The molecule has 0 spiro atoms. The number of rotatable bonds is 7. The molecule has 7 heteroatoms. The number of methoxy groups -OCH3 is 1. The van der Waals surface area contributed by atoms with E-state index in [0.29, 0.717) is 0 Å². The van der Waals surface area contributed by atoms with Crippen molar-refractivity contribution in [2.24, 2.45) is 0 Å². The van der Waals surface area contributed by atoms with Crippen LogP contribution >= 0.6 is 0 Å². The van der Waals surface area contributed by atoms with E-state index in [-0.39, 0.29) is 11.6 Å². The molecule has 0 aliphatic carbocycles. The van der Waals surface area contributed by atoms with E-state index >= 15 is 0 Å². The lowest BCUT2D eigenvalue weighted by Crippen LogP contribution is -3.15. The lowest BCUT2D eigenvalue weighted by atomic mass is 9.99. The molecule has 1 aliphatic heterocycles. The van der Waals surface area contributed by atoms with Crippen molar-refractivity contribution in [1.82, 2.24) is 20.2 Å². The normalized spacial score (nSPS) is 16.3. The molecule has 0 saturated carbocycles. The summed E-state index contributed by atoms with van der Waals surface area (Å²) in [6.45, 7) is 10.5. The molecule has 4 rings (SSSR count). The maximum absolute atomic E-state index is 5.59. The van der Waals surface area contributed by atoms with Gasteiger partial charge in [0.15, 0.2) is 6.04 Å². The molecule has 2 aromatic carbocycles. The van der Waals surface area contributed by atoms with Crippen LogP contribution in [0.2, 0.25) is 0 Å². The van der Waals surface area contributed by atoms with E-state index in [9.17, 15) is 0 Å². The molecule has 0 radical (unpaired) electrons. The minimum absolute atomic E-state index is 0.0989. The van der Waals surface area contributed by atoms with Gasteiger partial charge in [-0.1, -0.05) is 49.4 Å². The summed E-state index contributed by atoms with van der Waals surface area (Å²) >= 11 is 0. The second kappa shape index (κ2) is 9.06. The van der Waals surface area contributed by atoms with Crippen LogP contribution in [-0.4, -0.2) is 53.5 Å². The third kappa shape index (κ3) is 4.28. The van der Waals surface area contributed by atoms with Crippen molar-refractivity contribution in [3.63, 3.8) is 0 Å². The van der Waals surface area contributed by atoms with E-state index < -0.39 is 0 Å². The van der Waals surface area contributed by atoms with Gasteiger partial charge in [-0.15, -0.1) is 5.10 Å². The van der Waals surface area contributed by atoms with Crippen molar-refractivity contribution in [2.75, 3.05) is 38.2 Å². The average Bonchev–Trinajstić information content (AvgIpc) is 3.31. The molecule has 1 N–H and O–H groups in total. The number of ether oxygens (including phenoxy) is 1. The lowest BCUT2D eigenvalue weighted by Gasteiger charge is -2.38. The number of nitrogens with one attached hydrogen (secondary N) is 1. The summed E-state index contributed by atoms with van der Waals surface area (Å²) in [6, 6.07) is 19.0. The van der Waals surface area contributed by atoms with Crippen LogP contribution < -0.4 is 14.5 Å². The molecule has 1 aromatic heterocycles. The van der Waals surface area contributed by atoms with Gasteiger partial charge in [-0.05, 0) is 42.8 Å². The Morgan fingerprint density at radius 3 is 2.39 bits per heavy atom. The van der Waals surface area contributed by atoms with Gasteiger partial charge < -0.3 is 14.5 Å². The summed E-state index contributed by atoms with van der Waals surface area (Å²) in [7, 11) is 1.74. The van der Waals surface area contributed by atoms with Crippen molar-refractivity contribution >= 4 is 5.69 Å². The van der Waals surface area contributed by atoms with Gasteiger partial charge in [0, 0.05) is 5.56 Å². The number of nitrogens with zero attached hydrogens (tertiary/aromatic N) is 5. The quantitative estimate of drug-likeness (QED) is 0.635. The molecule has 1 fully saturated rings. The summed E-state index contributed by atoms with van der Waals surface area (Å²) < 4.78 is 7.62. The zero-order valence-electron chi connectivity index (χ0n) is 19.0. The molecular formula is C24H33N6O+. The number of hydrogen-bond acceptors (Lipinski definition) is 5. The number of aromatic nitrogens is 4. The van der Waals surface area contributed by atoms with Crippen LogP contribution in [0.5, 0.6) is 5.75 Å². The van der Waals surface area contributed by atoms with Gasteiger partial charge in [-0.25, -0.2) is 4.68 Å². The van der Waals surface area contributed by atoms with Gasteiger partial charge in [-0.2, -0.15) is 0 Å². The van der Waals surface area contributed by atoms with Crippen LogP contribution in [-0.2, 0) is 5.54 Å². The van der Waals surface area contributed by atoms with Crippen molar-refractivity contribution < 1.29 is 9.64 Å². The Hall–Kier alpha value is -2.93. The second-order valence-corrected chi connectivity index (χ2v) is 8.78. The van der Waals surface area contributed by atoms with E-state index in [1.807, 2.05) is 16.8 Å². The van der Waals surface area contributed by atoms with Crippen molar-refractivity contribution in [3.8, 4) is 5.75 Å². The SMILES string of the molecule is CCC(C)(C)n1nnnc1[C@H](c1ccccc1)[NH+]1CCN(c2ccccc2OC)CC1. The van der Waals surface area contributed by atoms with Crippen LogP contribution in [0.25, 0.3) is 0 Å². The number of anilines is 1. The Morgan fingerprint density at radius 2 is 1.71 bits per heavy atom. The molecule has 1 saturated heterocycles. The molecule has 0 bridgehead atoms.